The molecule has 3 aromatic rings. The predicted molar refractivity (Wildman–Crippen MR) is 80.9 cm³/mol. The van der Waals surface area contributed by atoms with Gasteiger partial charge in [-0.15, -0.1) is 0 Å². The van der Waals surface area contributed by atoms with Gasteiger partial charge in [0, 0.05) is 16.5 Å². The SMILES string of the molecule is Cc1[nH]cnc1C=c1ccc2c(c1O)-c1ccccc1N=2. The van der Waals surface area contributed by atoms with Crippen LogP contribution in [0.3, 0.4) is 0 Å². The smallest absolute Gasteiger partial charge is 0.132 e. The summed E-state index contributed by atoms with van der Waals surface area (Å²) in [6.07, 6.45) is 3.53. The Morgan fingerprint density at radius 3 is 2.81 bits per heavy atom. The van der Waals surface area contributed by atoms with Gasteiger partial charge in [-0.25, -0.2) is 9.98 Å². The zero-order chi connectivity index (χ0) is 14.4. The van der Waals surface area contributed by atoms with Crippen LogP contribution in [0.15, 0.2) is 47.7 Å². The van der Waals surface area contributed by atoms with Crippen LogP contribution in [0.2, 0.25) is 0 Å². The molecule has 0 saturated heterocycles. The van der Waals surface area contributed by atoms with Crippen molar-refractivity contribution in [3.8, 4) is 16.9 Å². The molecule has 0 radical (unpaired) electrons. The molecule has 21 heavy (non-hydrogen) atoms. The van der Waals surface area contributed by atoms with Crippen LogP contribution in [-0.4, -0.2) is 15.1 Å². The molecule has 2 aromatic carbocycles. The van der Waals surface area contributed by atoms with Crippen LogP contribution in [0.1, 0.15) is 11.4 Å². The molecule has 0 amide bonds. The van der Waals surface area contributed by atoms with Gasteiger partial charge in [-0.05, 0) is 31.2 Å². The Labute approximate surface area is 121 Å². The molecular formula is C17H13N3O. The lowest BCUT2D eigenvalue weighted by atomic mass is 10.0. The van der Waals surface area contributed by atoms with E-state index in [0.29, 0.717) is 0 Å². The van der Waals surface area contributed by atoms with Gasteiger partial charge in [0.1, 0.15) is 5.75 Å². The van der Waals surface area contributed by atoms with Gasteiger partial charge in [0.25, 0.3) is 0 Å². The summed E-state index contributed by atoms with van der Waals surface area (Å²) < 4.78 is 0. The Balaban J connectivity index is 1.99. The normalized spacial score (nSPS) is 12.9. The lowest BCUT2D eigenvalue weighted by Gasteiger charge is -2.02. The van der Waals surface area contributed by atoms with Crippen LogP contribution in [0.5, 0.6) is 5.75 Å². The zero-order valence-corrected chi connectivity index (χ0v) is 11.5. The molecule has 2 N–H and O–H groups in total. The van der Waals surface area contributed by atoms with E-state index in [0.717, 1.165) is 38.8 Å². The van der Waals surface area contributed by atoms with Gasteiger partial charge in [0.15, 0.2) is 0 Å². The summed E-state index contributed by atoms with van der Waals surface area (Å²) in [6.45, 7) is 1.95. The van der Waals surface area contributed by atoms with Crippen molar-refractivity contribution in [1.82, 2.24) is 9.97 Å². The fourth-order valence-electron chi connectivity index (χ4n) is 2.65. The van der Waals surface area contributed by atoms with Gasteiger partial charge in [0.05, 0.1) is 28.6 Å². The molecule has 1 aliphatic heterocycles. The number of H-pyrrole nitrogens is 1. The van der Waals surface area contributed by atoms with Crippen molar-refractivity contribution >= 4 is 11.8 Å². The third-order valence-electron chi connectivity index (χ3n) is 3.76. The number of aromatic amines is 1. The second-order valence-corrected chi connectivity index (χ2v) is 5.08. The third-order valence-corrected chi connectivity index (χ3v) is 3.76. The first-order valence-electron chi connectivity index (χ1n) is 6.76. The molecule has 102 valence electrons. The predicted octanol–water partition coefficient (Wildman–Crippen LogP) is 2.18. The molecule has 0 fully saturated rings. The molecule has 0 atom stereocenters. The largest absolute Gasteiger partial charge is 0.507 e. The maximum absolute atomic E-state index is 10.6. The molecular weight excluding hydrogens is 262 g/mol. The number of nitrogens with zero attached hydrogens (tertiary/aromatic N) is 2. The van der Waals surface area contributed by atoms with Gasteiger partial charge in [-0.1, -0.05) is 18.2 Å². The average Bonchev–Trinajstić information content (AvgIpc) is 3.06. The summed E-state index contributed by atoms with van der Waals surface area (Å²) >= 11 is 0. The van der Waals surface area contributed by atoms with E-state index < -0.39 is 0 Å². The fourth-order valence-corrected chi connectivity index (χ4v) is 2.65. The molecule has 0 unspecified atom stereocenters. The van der Waals surface area contributed by atoms with Crippen LogP contribution >= 0.6 is 0 Å². The topological polar surface area (TPSA) is 61.3 Å². The summed E-state index contributed by atoms with van der Waals surface area (Å²) in [5, 5.41) is 12.2. The number of aromatic hydroxyl groups is 1. The third kappa shape index (κ3) is 1.76. The van der Waals surface area contributed by atoms with Crippen molar-refractivity contribution < 1.29 is 5.11 Å². The van der Waals surface area contributed by atoms with Gasteiger partial charge in [-0.2, -0.15) is 0 Å². The van der Waals surface area contributed by atoms with Gasteiger partial charge in [-0.3, -0.25) is 0 Å². The first kappa shape index (κ1) is 11.9. The molecule has 0 aliphatic carbocycles. The van der Waals surface area contributed by atoms with E-state index in [1.165, 1.54) is 0 Å². The summed E-state index contributed by atoms with van der Waals surface area (Å²) in [7, 11) is 0. The van der Waals surface area contributed by atoms with Crippen LogP contribution in [0, 0.1) is 6.92 Å². The fraction of sp³-hybridized carbons (Fsp3) is 0.0588. The van der Waals surface area contributed by atoms with Crippen molar-refractivity contribution in [3.63, 3.8) is 0 Å². The number of phenols is 1. The highest BCUT2D eigenvalue weighted by Gasteiger charge is 2.17. The minimum Gasteiger partial charge on any atom is -0.507 e. The molecule has 1 aromatic heterocycles. The highest BCUT2D eigenvalue weighted by Crippen LogP contribution is 2.35. The number of hydrogen-bond acceptors (Lipinski definition) is 3. The number of benzene rings is 2. The van der Waals surface area contributed by atoms with E-state index in [1.807, 2.05) is 49.4 Å². The summed E-state index contributed by atoms with van der Waals surface area (Å²) in [5.41, 5.74) is 4.47. The first-order valence-corrected chi connectivity index (χ1v) is 6.76. The second kappa shape index (κ2) is 4.31. The highest BCUT2D eigenvalue weighted by molar-refractivity contribution is 5.83. The number of aryl methyl sites for hydroxylation is 1. The van der Waals surface area contributed by atoms with E-state index in [-0.39, 0.29) is 5.75 Å². The number of imidazole rings is 1. The lowest BCUT2D eigenvalue weighted by Crippen LogP contribution is -2.11. The van der Waals surface area contributed by atoms with Crippen LogP contribution in [0.25, 0.3) is 17.2 Å². The van der Waals surface area contributed by atoms with Crippen molar-refractivity contribution in [2.45, 2.75) is 6.92 Å². The molecule has 0 bridgehead atoms. The number of hydrogen-bond donors (Lipinski definition) is 2. The summed E-state index contributed by atoms with van der Waals surface area (Å²) in [4.78, 5) is 11.8. The lowest BCUT2D eigenvalue weighted by molar-refractivity contribution is 0.472. The molecule has 4 heteroatoms. The number of rotatable bonds is 1. The minimum atomic E-state index is 0.253. The summed E-state index contributed by atoms with van der Waals surface area (Å²) in [5.74, 6) is 0.253. The van der Waals surface area contributed by atoms with E-state index in [2.05, 4.69) is 15.0 Å². The molecule has 4 rings (SSSR count). The van der Waals surface area contributed by atoms with Crippen molar-refractivity contribution in [1.29, 1.82) is 0 Å². The van der Waals surface area contributed by atoms with E-state index in [4.69, 9.17) is 0 Å². The van der Waals surface area contributed by atoms with E-state index in [1.54, 1.807) is 6.33 Å². The minimum absolute atomic E-state index is 0.253. The summed E-state index contributed by atoms with van der Waals surface area (Å²) in [6, 6.07) is 11.6. The van der Waals surface area contributed by atoms with Gasteiger partial charge < -0.3 is 10.1 Å². The monoisotopic (exact) mass is 275 g/mol. The quantitative estimate of drug-likeness (QED) is 0.559. The van der Waals surface area contributed by atoms with E-state index >= 15 is 0 Å². The highest BCUT2D eigenvalue weighted by atomic mass is 16.3. The van der Waals surface area contributed by atoms with Crippen molar-refractivity contribution in [2.24, 2.45) is 4.99 Å². The Hall–Kier alpha value is -2.88. The first-order chi connectivity index (χ1) is 10.2. The number of fused-ring (bicyclic) bond motifs is 3. The molecule has 4 nitrogen and oxygen atoms in total. The Morgan fingerprint density at radius 2 is 2.00 bits per heavy atom. The maximum atomic E-state index is 10.6. The maximum Gasteiger partial charge on any atom is 0.132 e. The Bertz CT molecular complexity index is 970. The number of aromatic nitrogens is 2. The van der Waals surface area contributed by atoms with Gasteiger partial charge in [0.2, 0.25) is 0 Å². The van der Waals surface area contributed by atoms with Crippen molar-refractivity contribution in [3.05, 3.63) is 64.7 Å². The number of para-hydroxylation sites is 1. The number of nitrogens with one attached hydrogen (secondary N) is 1. The van der Waals surface area contributed by atoms with Crippen LogP contribution in [-0.2, 0) is 0 Å². The zero-order valence-electron chi connectivity index (χ0n) is 11.5. The van der Waals surface area contributed by atoms with Crippen LogP contribution in [0.4, 0.5) is 5.69 Å². The molecule has 0 spiro atoms. The number of phenolic OH excluding ortho intramolecular Hbond substituents is 1. The van der Waals surface area contributed by atoms with E-state index in [9.17, 15) is 5.11 Å². The Kier molecular flexibility index (Phi) is 2.44. The second-order valence-electron chi connectivity index (χ2n) is 5.08. The average molecular weight is 275 g/mol. The van der Waals surface area contributed by atoms with Gasteiger partial charge >= 0.3 is 0 Å². The molecule has 0 saturated carbocycles. The Morgan fingerprint density at radius 1 is 1.14 bits per heavy atom. The standard InChI is InChI=1S/C17H13N3O/c1-10-15(19-9-18-10)8-11-6-7-14-16(17(11)21)12-4-2-3-5-13(12)20-14/h2-9,21H,1H3,(H,18,19). The van der Waals surface area contributed by atoms with Crippen LogP contribution < -0.4 is 10.6 Å². The molecule has 2 heterocycles. The molecule has 1 aliphatic rings. The van der Waals surface area contributed by atoms with Crippen molar-refractivity contribution in [2.75, 3.05) is 0 Å².